The number of carbonyl (C=O) groups excluding carboxylic acids is 1. The highest BCUT2D eigenvalue weighted by Gasteiger charge is 2.35. The summed E-state index contributed by atoms with van der Waals surface area (Å²) in [6.07, 6.45) is 1.17. The first-order chi connectivity index (χ1) is 7.08. The van der Waals surface area contributed by atoms with Crippen LogP contribution in [0.15, 0.2) is 0 Å². The molecule has 1 amide bonds. The molecule has 5 heteroatoms. The molecule has 1 aliphatic rings. The normalized spacial score (nSPS) is 27.7. The first-order valence-electron chi connectivity index (χ1n) is 5.23. The number of rotatable bonds is 5. The smallest absolute Gasteiger partial charge is 0.221 e. The fourth-order valence-electron chi connectivity index (χ4n) is 1.59. The minimum Gasteiger partial charge on any atom is -0.378 e. The molecule has 5 nitrogen and oxygen atoms in total. The average Bonchev–Trinajstić information content (AvgIpc) is 2.63. The molecular formula is C10H20N2O3. The molecule has 0 aromatic heterocycles. The molecule has 0 aliphatic carbocycles. The highest BCUT2D eigenvalue weighted by atomic mass is 16.5. The van der Waals surface area contributed by atoms with Gasteiger partial charge in [0.25, 0.3) is 0 Å². The fourth-order valence-corrected chi connectivity index (χ4v) is 1.59. The van der Waals surface area contributed by atoms with Crippen molar-refractivity contribution in [1.29, 1.82) is 0 Å². The molecule has 0 saturated carbocycles. The molecule has 1 aliphatic heterocycles. The maximum atomic E-state index is 11.4. The molecule has 3 N–H and O–H groups in total. The van der Waals surface area contributed by atoms with Crippen molar-refractivity contribution in [3.05, 3.63) is 0 Å². The maximum Gasteiger partial charge on any atom is 0.221 e. The monoisotopic (exact) mass is 216 g/mol. The van der Waals surface area contributed by atoms with Gasteiger partial charge < -0.3 is 20.5 Å². The van der Waals surface area contributed by atoms with Crippen molar-refractivity contribution in [2.75, 3.05) is 26.9 Å². The summed E-state index contributed by atoms with van der Waals surface area (Å²) in [4.78, 5) is 11.4. The van der Waals surface area contributed by atoms with Gasteiger partial charge >= 0.3 is 0 Å². The van der Waals surface area contributed by atoms with E-state index in [2.05, 4.69) is 5.32 Å². The van der Waals surface area contributed by atoms with Crippen LogP contribution < -0.4 is 11.1 Å². The number of amides is 1. The van der Waals surface area contributed by atoms with Crippen molar-refractivity contribution < 1.29 is 14.3 Å². The predicted octanol–water partition coefficient (Wildman–Crippen LogP) is -0.355. The van der Waals surface area contributed by atoms with Crippen LogP contribution in [-0.2, 0) is 14.3 Å². The highest BCUT2D eigenvalue weighted by Crippen LogP contribution is 2.21. The summed E-state index contributed by atoms with van der Waals surface area (Å²) in [5.74, 6) is -0.0340. The zero-order valence-corrected chi connectivity index (χ0v) is 9.41. The van der Waals surface area contributed by atoms with Crippen molar-refractivity contribution in [3.63, 3.8) is 0 Å². The zero-order chi connectivity index (χ0) is 11.3. The average molecular weight is 216 g/mol. The lowest BCUT2D eigenvalue weighted by molar-refractivity contribution is -0.123. The Bertz CT molecular complexity index is 213. The van der Waals surface area contributed by atoms with Gasteiger partial charge in [0.1, 0.15) is 5.60 Å². The number of nitrogens with two attached hydrogens (primary N) is 1. The first kappa shape index (κ1) is 12.4. The Morgan fingerprint density at radius 2 is 2.47 bits per heavy atom. The van der Waals surface area contributed by atoms with Gasteiger partial charge in [0.2, 0.25) is 5.91 Å². The quantitative estimate of drug-likeness (QED) is 0.658. The first-order valence-corrected chi connectivity index (χ1v) is 5.23. The molecule has 1 heterocycles. The number of carbonyl (C=O) groups is 1. The lowest BCUT2D eigenvalue weighted by Gasteiger charge is -2.26. The van der Waals surface area contributed by atoms with Crippen LogP contribution in [0.1, 0.15) is 19.8 Å². The molecule has 0 radical (unpaired) electrons. The number of hydrogen-bond acceptors (Lipinski definition) is 4. The fraction of sp³-hybridized carbons (Fsp3) is 0.900. The largest absolute Gasteiger partial charge is 0.378 e. The second kappa shape index (κ2) is 5.44. The van der Waals surface area contributed by atoms with Crippen LogP contribution in [-0.4, -0.2) is 44.4 Å². The number of ether oxygens (including phenoxy) is 2. The third-order valence-electron chi connectivity index (χ3n) is 2.62. The summed E-state index contributed by atoms with van der Waals surface area (Å²) >= 11 is 0. The molecule has 0 aromatic rings. The number of nitrogens with one attached hydrogen (secondary N) is 1. The van der Waals surface area contributed by atoms with E-state index in [0.29, 0.717) is 26.2 Å². The van der Waals surface area contributed by atoms with Gasteiger partial charge in [0.15, 0.2) is 0 Å². The van der Waals surface area contributed by atoms with Crippen molar-refractivity contribution >= 4 is 5.91 Å². The van der Waals surface area contributed by atoms with E-state index in [1.807, 2.05) is 6.92 Å². The second-order valence-corrected chi connectivity index (χ2v) is 4.15. The predicted molar refractivity (Wildman–Crippen MR) is 56.5 cm³/mol. The van der Waals surface area contributed by atoms with E-state index in [4.69, 9.17) is 15.2 Å². The van der Waals surface area contributed by atoms with Crippen molar-refractivity contribution in [2.45, 2.75) is 31.4 Å². The van der Waals surface area contributed by atoms with Crippen molar-refractivity contribution in [3.8, 4) is 0 Å². The molecule has 1 saturated heterocycles. The summed E-state index contributed by atoms with van der Waals surface area (Å²) in [7, 11) is 1.65. The summed E-state index contributed by atoms with van der Waals surface area (Å²) in [6.45, 7) is 3.54. The van der Waals surface area contributed by atoms with Gasteiger partial charge in [-0.05, 0) is 6.92 Å². The number of hydrogen-bond donors (Lipinski definition) is 2. The molecule has 0 bridgehead atoms. The summed E-state index contributed by atoms with van der Waals surface area (Å²) in [5.41, 5.74) is 5.19. The molecule has 15 heavy (non-hydrogen) atoms. The topological polar surface area (TPSA) is 73.6 Å². The zero-order valence-electron chi connectivity index (χ0n) is 9.41. The minimum atomic E-state index is -0.340. The lowest BCUT2D eigenvalue weighted by Crippen LogP contribution is -2.45. The third-order valence-corrected chi connectivity index (χ3v) is 2.62. The van der Waals surface area contributed by atoms with Crippen LogP contribution in [0, 0.1) is 0 Å². The van der Waals surface area contributed by atoms with Gasteiger partial charge in [-0.15, -0.1) is 0 Å². The third kappa shape index (κ3) is 3.77. The van der Waals surface area contributed by atoms with Crippen LogP contribution in [0.25, 0.3) is 0 Å². The van der Waals surface area contributed by atoms with Gasteiger partial charge in [-0.1, -0.05) is 0 Å². The van der Waals surface area contributed by atoms with Crippen LogP contribution >= 0.6 is 0 Å². The van der Waals surface area contributed by atoms with E-state index in [1.165, 1.54) is 0 Å². The Morgan fingerprint density at radius 1 is 1.73 bits per heavy atom. The maximum absolute atomic E-state index is 11.4. The second-order valence-electron chi connectivity index (χ2n) is 4.15. The van der Waals surface area contributed by atoms with Gasteiger partial charge in [-0.3, -0.25) is 4.79 Å². The molecule has 1 rings (SSSR count). The molecule has 88 valence electrons. The van der Waals surface area contributed by atoms with E-state index >= 15 is 0 Å². The molecule has 2 unspecified atom stereocenters. The Kier molecular flexibility index (Phi) is 4.50. The van der Waals surface area contributed by atoms with E-state index in [0.717, 1.165) is 6.42 Å². The van der Waals surface area contributed by atoms with E-state index in [1.54, 1.807) is 7.11 Å². The minimum absolute atomic E-state index is 0.0340. The van der Waals surface area contributed by atoms with Crippen LogP contribution in [0.3, 0.4) is 0 Å². The number of methoxy groups -OCH3 is 1. The Balaban J connectivity index is 2.31. The van der Waals surface area contributed by atoms with Gasteiger partial charge in [0, 0.05) is 39.1 Å². The van der Waals surface area contributed by atoms with Gasteiger partial charge in [-0.25, -0.2) is 0 Å². The van der Waals surface area contributed by atoms with Crippen molar-refractivity contribution in [1.82, 2.24) is 5.32 Å². The van der Waals surface area contributed by atoms with E-state index in [-0.39, 0.29) is 17.6 Å². The van der Waals surface area contributed by atoms with E-state index < -0.39 is 0 Å². The van der Waals surface area contributed by atoms with Gasteiger partial charge in [0.05, 0.1) is 6.61 Å². The molecule has 2 atom stereocenters. The van der Waals surface area contributed by atoms with Crippen LogP contribution in [0.5, 0.6) is 0 Å². The Hall–Kier alpha value is -0.650. The molecule has 1 fully saturated rings. The Labute approximate surface area is 90.3 Å². The molecule has 0 aromatic carbocycles. The standard InChI is InChI=1S/C10H20N2O3/c1-8(11)5-9(13)12-6-10(14-2)3-4-15-7-10/h8H,3-7,11H2,1-2H3,(H,12,13). The molecular weight excluding hydrogens is 196 g/mol. The highest BCUT2D eigenvalue weighted by molar-refractivity contribution is 5.76. The lowest BCUT2D eigenvalue weighted by atomic mass is 10.0. The summed E-state index contributed by atoms with van der Waals surface area (Å²) in [6, 6.07) is -0.108. The molecule has 0 spiro atoms. The van der Waals surface area contributed by atoms with Crippen molar-refractivity contribution in [2.24, 2.45) is 5.73 Å². The summed E-state index contributed by atoms with van der Waals surface area (Å²) in [5, 5.41) is 2.82. The SMILES string of the molecule is COC1(CNC(=O)CC(C)N)CCOC1. The van der Waals surface area contributed by atoms with E-state index in [9.17, 15) is 4.79 Å². The van der Waals surface area contributed by atoms with Gasteiger partial charge in [-0.2, -0.15) is 0 Å². The Morgan fingerprint density at radius 3 is 2.93 bits per heavy atom. The van der Waals surface area contributed by atoms with Crippen LogP contribution in [0.4, 0.5) is 0 Å². The van der Waals surface area contributed by atoms with Crippen LogP contribution in [0.2, 0.25) is 0 Å². The summed E-state index contributed by atoms with van der Waals surface area (Å²) < 4.78 is 10.6.